The Balaban J connectivity index is 2.14. The Morgan fingerprint density at radius 3 is 2.32 bits per heavy atom. The van der Waals surface area contributed by atoms with Crippen LogP contribution in [0.4, 0.5) is 5.69 Å². The van der Waals surface area contributed by atoms with Crippen molar-refractivity contribution in [2.45, 2.75) is 5.92 Å². The summed E-state index contributed by atoms with van der Waals surface area (Å²) in [7, 11) is 0. The van der Waals surface area contributed by atoms with Gasteiger partial charge in [0.25, 0.3) is 0 Å². The summed E-state index contributed by atoms with van der Waals surface area (Å²) in [5, 5.41) is 12.4. The van der Waals surface area contributed by atoms with Gasteiger partial charge in [-0.15, -0.1) is 0 Å². The number of nitrogens with one attached hydrogen (secondary N) is 1. The van der Waals surface area contributed by atoms with Gasteiger partial charge in [-0.3, -0.25) is 4.79 Å². The second-order valence-corrected chi connectivity index (χ2v) is 4.41. The van der Waals surface area contributed by atoms with Crippen LogP contribution in [0.5, 0.6) is 0 Å². The minimum Gasteiger partial charge on any atom is -0.325 e. The Morgan fingerprint density at radius 1 is 1.11 bits per heavy atom. The van der Waals surface area contributed by atoms with E-state index >= 15 is 0 Å². The number of hydrogen-bond acceptors (Lipinski definition) is 2. The molecular formula is C15H11ClN2O. The molecule has 0 spiro atoms. The van der Waals surface area contributed by atoms with Gasteiger partial charge in [0.15, 0.2) is 5.92 Å². The highest BCUT2D eigenvalue weighted by Gasteiger charge is 2.19. The third-order valence-electron chi connectivity index (χ3n) is 2.64. The maximum Gasteiger partial charge on any atom is 0.246 e. The summed E-state index contributed by atoms with van der Waals surface area (Å²) in [5.74, 6) is -1.17. The lowest BCUT2D eigenvalue weighted by atomic mass is 10.00. The molecule has 0 heterocycles. The normalized spacial score (nSPS) is 11.4. The predicted octanol–water partition coefficient (Wildman–Crippen LogP) is 3.59. The quantitative estimate of drug-likeness (QED) is 0.927. The van der Waals surface area contributed by atoms with Crippen LogP contribution in [-0.4, -0.2) is 5.91 Å². The zero-order chi connectivity index (χ0) is 13.7. The molecule has 4 heteroatoms. The molecule has 2 aromatic carbocycles. The Labute approximate surface area is 116 Å². The maximum absolute atomic E-state index is 12.1. The molecule has 19 heavy (non-hydrogen) atoms. The van der Waals surface area contributed by atoms with E-state index in [2.05, 4.69) is 5.32 Å². The van der Waals surface area contributed by atoms with Crippen LogP contribution in [0.15, 0.2) is 54.6 Å². The number of hydrogen-bond donors (Lipinski definition) is 1. The number of nitrogens with zero attached hydrogens (tertiary/aromatic N) is 1. The molecule has 1 atom stereocenters. The molecule has 1 N–H and O–H groups in total. The van der Waals surface area contributed by atoms with Gasteiger partial charge in [0.2, 0.25) is 5.91 Å². The number of carbonyl (C=O) groups excluding carboxylic acids is 1. The van der Waals surface area contributed by atoms with Gasteiger partial charge in [-0.1, -0.05) is 41.9 Å². The van der Waals surface area contributed by atoms with Crippen molar-refractivity contribution in [3.63, 3.8) is 0 Å². The van der Waals surface area contributed by atoms with Crippen LogP contribution in [0.2, 0.25) is 5.02 Å². The molecule has 0 aliphatic heterocycles. The fraction of sp³-hybridized carbons (Fsp3) is 0.0667. The first-order valence-electron chi connectivity index (χ1n) is 5.71. The topological polar surface area (TPSA) is 52.9 Å². The molecule has 0 bridgehead atoms. The van der Waals surface area contributed by atoms with Gasteiger partial charge >= 0.3 is 0 Å². The third kappa shape index (κ3) is 3.34. The van der Waals surface area contributed by atoms with Crippen molar-refractivity contribution in [1.82, 2.24) is 0 Å². The average Bonchev–Trinajstić information content (AvgIpc) is 2.43. The smallest absolute Gasteiger partial charge is 0.246 e. The molecule has 1 amide bonds. The number of carbonyl (C=O) groups is 1. The second kappa shape index (κ2) is 6.03. The number of nitriles is 1. The van der Waals surface area contributed by atoms with Crippen molar-refractivity contribution in [2.24, 2.45) is 0 Å². The fourth-order valence-electron chi connectivity index (χ4n) is 1.68. The highest BCUT2D eigenvalue weighted by atomic mass is 35.5. The van der Waals surface area contributed by atoms with E-state index in [9.17, 15) is 4.79 Å². The first-order chi connectivity index (χ1) is 9.20. The van der Waals surface area contributed by atoms with Crippen LogP contribution in [0.25, 0.3) is 0 Å². The van der Waals surface area contributed by atoms with Crippen LogP contribution < -0.4 is 5.32 Å². The standard InChI is InChI=1S/C15H11ClN2O/c16-12-6-8-13(9-7-12)18-15(19)14(10-17)11-4-2-1-3-5-11/h1-9,14H,(H,18,19)/t14-/m0/s1. The number of rotatable bonds is 3. The van der Waals surface area contributed by atoms with E-state index in [4.69, 9.17) is 16.9 Å². The van der Waals surface area contributed by atoms with Crippen molar-refractivity contribution in [1.29, 1.82) is 5.26 Å². The van der Waals surface area contributed by atoms with Gasteiger partial charge in [-0.25, -0.2) is 0 Å². The molecule has 0 aliphatic rings. The van der Waals surface area contributed by atoms with E-state index in [1.165, 1.54) is 0 Å². The maximum atomic E-state index is 12.1. The molecule has 94 valence electrons. The molecule has 2 aromatic rings. The van der Waals surface area contributed by atoms with E-state index in [-0.39, 0.29) is 5.91 Å². The number of amides is 1. The first kappa shape index (κ1) is 13.1. The summed E-state index contributed by atoms with van der Waals surface area (Å²) in [6.45, 7) is 0. The van der Waals surface area contributed by atoms with Gasteiger partial charge < -0.3 is 5.32 Å². The zero-order valence-corrected chi connectivity index (χ0v) is 10.8. The van der Waals surface area contributed by atoms with Crippen LogP contribution in [0.3, 0.4) is 0 Å². The summed E-state index contributed by atoms with van der Waals surface area (Å²) in [6, 6.07) is 17.7. The molecule has 0 aromatic heterocycles. The number of anilines is 1. The van der Waals surface area contributed by atoms with Crippen LogP contribution >= 0.6 is 11.6 Å². The van der Waals surface area contributed by atoms with Gasteiger partial charge in [-0.05, 0) is 29.8 Å². The monoisotopic (exact) mass is 270 g/mol. The van der Waals surface area contributed by atoms with Gasteiger partial charge in [0.05, 0.1) is 6.07 Å². The summed E-state index contributed by atoms with van der Waals surface area (Å²) < 4.78 is 0. The highest BCUT2D eigenvalue weighted by molar-refractivity contribution is 6.30. The molecule has 0 saturated carbocycles. The Morgan fingerprint density at radius 2 is 1.74 bits per heavy atom. The lowest BCUT2D eigenvalue weighted by molar-refractivity contribution is -0.116. The van der Waals surface area contributed by atoms with Crippen molar-refractivity contribution >= 4 is 23.2 Å². The van der Waals surface area contributed by atoms with Gasteiger partial charge in [0, 0.05) is 10.7 Å². The van der Waals surface area contributed by atoms with Gasteiger partial charge in [0.1, 0.15) is 0 Å². The molecule has 3 nitrogen and oxygen atoms in total. The van der Waals surface area contributed by atoms with Crippen molar-refractivity contribution in [3.8, 4) is 6.07 Å². The summed E-state index contributed by atoms with van der Waals surface area (Å²) in [4.78, 5) is 12.1. The molecule has 0 saturated heterocycles. The minimum absolute atomic E-state index is 0.351. The van der Waals surface area contributed by atoms with Crippen LogP contribution in [0.1, 0.15) is 11.5 Å². The summed E-state index contributed by atoms with van der Waals surface area (Å²) >= 11 is 5.77. The van der Waals surface area contributed by atoms with E-state index in [1.807, 2.05) is 12.1 Å². The van der Waals surface area contributed by atoms with Gasteiger partial charge in [-0.2, -0.15) is 5.26 Å². The minimum atomic E-state index is -0.822. The molecular weight excluding hydrogens is 260 g/mol. The number of halogens is 1. The van der Waals surface area contributed by atoms with E-state index in [0.29, 0.717) is 16.3 Å². The lowest BCUT2D eigenvalue weighted by Crippen LogP contribution is -2.19. The second-order valence-electron chi connectivity index (χ2n) is 3.97. The molecule has 0 radical (unpaired) electrons. The molecule has 0 unspecified atom stereocenters. The summed E-state index contributed by atoms with van der Waals surface area (Å²) in [6.07, 6.45) is 0. The average molecular weight is 271 g/mol. The number of benzene rings is 2. The molecule has 2 rings (SSSR count). The highest BCUT2D eigenvalue weighted by Crippen LogP contribution is 2.19. The van der Waals surface area contributed by atoms with Crippen molar-refractivity contribution in [2.75, 3.05) is 5.32 Å². The zero-order valence-electron chi connectivity index (χ0n) is 10.0. The largest absolute Gasteiger partial charge is 0.325 e. The van der Waals surface area contributed by atoms with Crippen molar-refractivity contribution in [3.05, 3.63) is 65.2 Å². The molecule has 0 fully saturated rings. The Hall–Kier alpha value is -2.31. The first-order valence-corrected chi connectivity index (χ1v) is 6.09. The summed E-state index contributed by atoms with van der Waals surface area (Å²) in [5.41, 5.74) is 1.29. The predicted molar refractivity (Wildman–Crippen MR) is 74.9 cm³/mol. The van der Waals surface area contributed by atoms with Crippen LogP contribution in [0, 0.1) is 11.3 Å². The van der Waals surface area contributed by atoms with Crippen LogP contribution in [-0.2, 0) is 4.79 Å². The third-order valence-corrected chi connectivity index (χ3v) is 2.89. The van der Waals surface area contributed by atoms with E-state index in [1.54, 1.807) is 48.5 Å². The molecule has 0 aliphatic carbocycles. The SMILES string of the molecule is N#C[C@H](C(=O)Nc1ccc(Cl)cc1)c1ccccc1. The van der Waals surface area contributed by atoms with Crippen molar-refractivity contribution < 1.29 is 4.79 Å². The Kier molecular flexibility index (Phi) is 4.17. The van der Waals surface area contributed by atoms with E-state index < -0.39 is 5.92 Å². The van der Waals surface area contributed by atoms with E-state index in [0.717, 1.165) is 0 Å². The Bertz CT molecular complexity index is 602. The fourth-order valence-corrected chi connectivity index (χ4v) is 1.80. The lowest BCUT2D eigenvalue weighted by Gasteiger charge is -2.10.